The summed E-state index contributed by atoms with van der Waals surface area (Å²) in [6, 6.07) is 0. The van der Waals surface area contributed by atoms with Gasteiger partial charge in [-0.05, 0) is 6.42 Å². The molecule has 5 nitrogen and oxygen atoms in total. The molecule has 0 atom stereocenters. The van der Waals surface area contributed by atoms with Gasteiger partial charge in [0.05, 0.1) is 4.92 Å². The molecule has 0 spiro atoms. The van der Waals surface area contributed by atoms with Crippen molar-refractivity contribution in [3.8, 4) is 0 Å². The summed E-state index contributed by atoms with van der Waals surface area (Å²) in [6.45, 7) is 1.95. The molecular weight excluding hydrogens is 263 g/mol. The zero-order valence-corrected chi connectivity index (χ0v) is 9.55. The number of aryl methyl sites for hydroxylation is 1. The predicted molar refractivity (Wildman–Crippen MR) is 53.8 cm³/mol. The largest absolute Gasteiger partial charge is 0.442 e. The molecule has 1 heterocycles. The van der Waals surface area contributed by atoms with E-state index in [-0.39, 0.29) is 6.54 Å². The Morgan fingerprint density at radius 2 is 2.12 bits per heavy atom. The van der Waals surface area contributed by atoms with Crippen molar-refractivity contribution in [3.05, 3.63) is 21.0 Å². The van der Waals surface area contributed by atoms with Crippen molar-refractivity contribution in [2.45, 2.75) is 32.5 Å². The van der Waals surface area contributed by atoms with Crippen molar-refractivity contribution in [1.29, 1.82) is 0 Å². The fraction of sp³-hybridized carbons (Fsp3) is 0.625. The van der Waals surface area contributed by atoms with Crippen LogP contribution >= 0.6 is 11.6 Å². The summed E-state index contributed by atoms with van der Waals surface area (Å²) in [7, 11) is 0. The number of alkyl halides is 3. The van der Waals surface area contributed by atoms with E-state index >= 15 is 0 Å². The molecule has 0 saturated carbocycles. The van der Waals surface area contributed by atoms with Crippen molar-refractivity contribution in [3.63, 3.8) is 0 Å². The monoisotopic (exact) mass is 271 g/mol. The lowest BCUT2D eigenvalue weighted by molar-refractivity contribution is -0.388. The highest BCUT2D eigenvalue weighted by atomic mass is 35.5. The van der Waals surface area contributed by atoms with Gasteiger partial charge in [0.1, 0.15) is 0 Å². The molecule has 0 amide bonds. The molecule has 0 aliphatic carbocycles. The molecule has 9 heteroatoms. The molecule has 1 rings (SSSR count). The molecule has 0 aliphatic rings. The Bertz CT molecular complexity index is 430. The molecule has 0 bridgehead atoms. The van der Waals surface area contributed by atoms with Crippen LogP contribution in [0.25, 0.3) is 0 Å². The summed E-state index contributed by atoms with van der Waals surface area (Å²) >= 11 is 5.53. The van der Waals surface area contributed by atoms with Gasteiger partial charge in [0.2, 0.25) is 10.8 Å². The van der Waals surface area contributed by atoms with Gasteiger partial charge in [-0.3, -0.25) is 10.1 Å². The van der Waals surface area contributed by atoms with Crippen molar-refractivity contribution >= 4 is 17.3 Å². The molecule has 96 valence electrons. The van der Waals surface area contributed by atoms with Crippen LogP contribution < -0.4 is 0 Å². The molecule has 0 saturated heterocycles. The second kappa shape index (κ2) is 4.91. The minimum Gasteiger partial charge on any atom is -0.258 e. The summed E-state index contributed by atoms with van der Waals surface area (Å²) in [5.74, 6) is 0. The van der Waals surface area contributed by atoms with E-state index in [1.165, 1.54) is 0 Å². The molecule has 0 N–H and O–H groups in total. The first-order valence-corrected chi connectivity index (χ1v) is 5.14. The number of halogens is 4. The van der Waals surface area contributed by atoms with Crippen LogP contribution in [-0.4, -0.2) is 14.7 Å². The molecule has 0 aromatic carbocycles. The van der Waals surface area contributed by atoms with E-state index in [1.54, 1.807) is 0 Å². The van der Waals surface area contributed by atoms with Gasteiger partial charge < -0.3 is 0 Å². The minimum absolute atomic E-state index is 0.117. The van der Waals surface area contributed by atoms with Crippen LogP contribution in [0.15, 0.2) is 0 Å². The Morgan fingerprint density at radius 3 is 2.47 bits per heavy atom. The van der Waals surface area contributed by atoms with Crippen LogP contribution in [0.2, 0.25) is 5.15 Å². The molecular formula is C8H9ClF3N3O2. The van der Waals surface area contributed by atoms with Gasteiger partial charge in [0, 0.05) is 6.54 Å². The van der Waals surface area contributed by atoms with Gasteiger partial charge in [-0.15, -0.1) is 0 Å². The lowest BCUT2D eigenvalue weighted by Crippen LogP contribution is -2.09. The number of aromatic nitrogens is 2. The Morgan fingerprint density at radius 1 is 1.53 bits per heavy atom. The number of nitro groups is 1. The third-order valence-corrected chi connectivity index (χ3v) is 2.42. The predicted octanol–water partition coefficient (Wildman–Crippen LogP) is 3.26. The van der Waals surface area contributed by atoms with Gasteiger partial charge in [0.25, 0.3) is 0 Å². The zero-order chi connectivity index (χ0) is 13.2. The molecule has 0 unspecified atom stereocenters. The SMILES string of the molecule is CCCCn1nc(C(F)(F)F)c([N+](=O)[O-])c1Cl. The third kappa shape index (κ3) is 2.87. The lowest BCUT2D eigenvalue weighted by atomic mass is 10.3. The van der Waals surface area contributed by atoms with Gasteiger partial charge in [-0.1, -0.05) is 24.9 Å². The van der Waals surface area contributed by atoms with Crippen LogP contribution in [0, 0.1) is 10.1 Å². The van der Waals surface area contributed by atoms with Crippen LogP contribution in [-0.2, 0) is 12.7 Å². The highest BCUT2D eigenvalue weighted by Crippen LogP contribution is 2.39. The van der Waals surface area contributed by atoms with Crippen molar-refractivity contribution in [2.24, 2.45) is 0 Å². The summed E-state index contributed by atoms with van der Waals surface area (Å²) in [5.41, 5.74) is -2.74. The number of hydrogen-bond acceptors (Lipinski definition) is 3. The zero-order valence-electron chi connectivity index (χ0n) is 8.79. The van der Waals surface area contributed by atoms with Crippen LogP contribution in [0.4, 0.5) is 18.9 Å². The van der Waals surface area contributed by atoms with E-state index in [2.05, 4.69) is 5.10 Å². The smallest absolute Gasteiger partial charge is 0.258 e. The second-order valence-electron chi connectivity index (χ2n) is 3.32. The minimum atomic E-state index is -4.89. The van der Waals surface area contributed by atoms with E-state index in [0.717, 1.165) is 4.68 Å². The third-order valence-electron chi connectivity index (χ3n) is 2.04. The van der Waals surface area contributed by atoms with Crippen molar-refractivity contribution in [1.82, 2.24) is 9.78 Å². The quantitative estimate of drug-likeness (QED) is 0.624. The van der Waals surface area contributed by atoms with Crippen molar-refractivity contribution < 1.29 is 18.1 Å². The topological polar surface area (TPSA) is 61.0 Å². The van der Waals surface area contributed by atoms with E-state index < -0.39 is 27.6 Å². The maximum Gasteiger partial charge on any atom is 0.442 e. The molecule has 0 fully saturated rings. The Kier molecular flexibility index (Phi) is 3.97. The summed E-state index contributed by atoms with van der Waals surface area (Å²) in [4.78, 5) is 9.38. The number of rotatable bonds is 4. The first-order chi connectivity index (χ1) is 7.79. The molecule has 0 radical (unpaired) electrons. The summed E-state index contributed by atoms with van der Waals surface area (Å²) in [5, 5.41) is 13.1. The summed E-state index contributed by atoms with van der Waals surface area (Å²) < 4.78 is 38.3. The van der Waals surface area contributed by atoms with Crippen LogP contribution in [0.3, 0.4) is 0 Å². The van der Waals surface area contributed by atoms with E-state index in [1.807, 2.05) is 6.92 Å². The van der Waals surface area contributed by atoms with E-state index in [4.69, 9.17) is 11.6 Å². The molecule has 0 aliphatic heterocycles. The first kappa shape index (κ1) is 13.8. The average molecular weight is 272 g/mol. The molecule has 1 aromatic heterocycles. The Hall–Kier alpha value is -1.31. The van der Waals surface area contributed by atoms with Gasteiger partial charge in [-0.25, -0.2) is 4.68 Å². The maximum atomic E-state index is 12.5. The number of nitrogens with zero attached hydrogens (tertiary/aromatic N) is 3. The fourth-order valence-electron chi connectivity index (χ4n) is 1.24. The van der Waals surface area contributed by atoms with Crippen LogP contribution in [0.5, 0.6) is 0 Å². The molecule has 17 heavy (non-hydrogen) atoms. The lowest BCUT2D eigenvalue weighted by Gasteiger charge is -2.00. The number of hydrogen-bond donors (Lipinski definition) is 0. The first-order valence-electron chi connectivity index (χ1n) is 4.77. The highest BCUT2D eigenvalue weighted by molar-refractivity contribution is 6.31. The van der Waals surface area contributed by atoms with Gasteiger partial charge in [-0.2, -0.15) is 18.3 Å². The highest BCUT2D eigenvalue weighted by Gasteiger charge is 2.44. The fourth-order valence-corrected chi connectivity index (χ4v) is 1.52. The van der Waals surface area contributed by atoms with E-state index in [0.29, 0.717) is 12.8 Å². The number of unbranched alkanes of at least 4 members (excludes halogenated alkanes) is 1. The van der Waals surface area contributed by atoms with Crippen molar-refractivity contribution in [2.75, 3.05) is 0 Å². The summed E-state index contributed by atoms with van der Waals surface area (Å²) in [6.07, 6.45) is -3.63. The standard InChI is InChI=1S/C8H9ClF3N3O2/c1-2-3-4-14-7(9)5(15(16)17)6(13-14)8(10,11)12/h2-4H2,1H3. The molecule has 1 aromatic rings. The van der Waals surface area contributed by atoms with Crippen LogP contribution in [0.1, 0.15) is 25.5 Å². The second-order valence-corrected chi connectivity index (χ2v) is 3.68. The Balaban J connectivity index is 3.25. The average Bonchev–Trinajstić information content (AvgIpc) is 2.52. The Labute approximate surface area is 99.3 Å². The maximum absolute atomic E-state index is 12.5. The van der Waals surface area contributed by atoms with Gasteiger partial charge >= 0.3 is 11.9 Å². The van der Waals surface area contributed by atoms with E-state index in [9.17, 15) is 23.3 Å². The normalized spacial score (nSPS) is 11.8. The van der Waals surface area contributed by atoms with Gasteiger partial charge in [0.15, 0.2) is 0 Å².